The summed E-state index contributed by atoms with van der Waals surface area (Å²) in [4.78, 5) is 17.5. The summed E-state index contributed by atoms with van der Waals surface area (Å²) in [6, 6.07) is 16.0. The van der Waals surface area contributed by atoms with Crippen molar-refractivity contribution in [2.24, 2.45) is 5.92 Å². The van der Waals surface area contributed by atoms with E-state index in [0.29, 0.717) is 30.3 Å². The number of piperidine rings is 1. The summed E-state index contributed by atoms with van der Waals surface area (Å²) < 4.78 is 32.5. The first kappa shape index (κ1) is 21.5. The van der Waals surface area contributed by atoms with E-state index in [2.05, 4.69) is 10.3 Å². The van der Waals surface area contributed by atoms with Gasteiger partial charge in [0.25, 0.3) is 0 Å². The number of ether oxygens (including phenoxy) is 1. The Labute approximate surface area is 185 Å². The number of rotatable bonds is 6. The van der Waals surface area contributed by atoms with Gasteiger partial charge in [-0.3, -0.25) is 4.79 Å². The van der Waals surface area contributed by atoms with Gasteiger partial charge < -0.3 is 10.1 Å². The maximum atomic E-state index is 13.0. The Morgan fingerprint density at radius 2 is 1.90 bits per heavy atom. The number of hydrogen-bond acceptors (Lipinski definition) is 6. The van der Waals surface area contributed by atoms with E-state index in [9.17, 15) is 13.2 Å². The van der Waals surface area contributed by atoms with Gasteiger partial charge in [0.1, 0.15) is 5.75 Å². The zero-order valence-corrected chi connectivity index (χ0v) is 18.7. The molecule has 1 saturated heterocycles. The van der Waals surface area contributed by atoms with Crippen LogP contribution in [0.3, 0.4) is 0 Å². The fourth-order valence-corrected chi connectivity index (χ4v) is 5.80. The molecule has 1 N–H and O–H groups in total. The molecule has 3 aromatic rings. The van der Waals surface area contributed by atoms with E-state index in [1.807, 2.05) is 35.7 Å². The topological polar surface area (TPSA) is 88.6 Å². The van der Waals surface area contributed by atoms with E-state index in [1.54, 1.807) is 12.1 Å². The van der Waals surface area contributed by atoms with Crippen molar-refractivity contribution in [2.75, 3.05) is 25.5 Å². The molecule has 0 radical (unpaired) electrons. The molecule has 1 amide bonds. The molecule has 0 saturated carbocycles. The van der Waals surface area contributed by atoms with E-state index >= 15 is 0 Å². The molecule has 2 heterocycles. The lowest BCUT2D eigenvalue weighted by Crippen LogP contribution is -2.43. The predicted octanol–water partition coefficient (Wildman–Crippen LogP) is 3.86. The first-order valence-corrected chi connectivity index (χ1v) is 12.3. The summed E-state index contributed by atoms with van der Waals surface area (Å²) in [7, 11) is -2.14. The number of nitrogens with zero attached hydrogens (tertiary/aromatic N) is 2. The molecule has 2 aromatic carbocycles. The third-order valence-corrected chi connectivity index (χ3v) is 7.89. The minimum atomic E-state index is -3.67. The summed E-state index contributed by atoms with van der Waals surface area (Å²) in [5.74, 6) is -0.0393. The molecular weight excluding hydrogens is 434 g/mol. The van der Waals surface area contributed by atoms with Crippen LogP contribution in [0.15, 0.2) is 64.9 Å². The Morgan fingerprint density at radius 3 is 2.61 bits per heavy atom. The van der Waals surface area contributed by atoms with Crippen LogP contribution in [-0.2, 0) is 14.8 Å². The third kappa shape index (κ3) is 4.79. The van der Waals surface area contributed by atoms with Gasteiger partial charge in [0.2, 0.25) is 15.9 Å². The van der Waals surface area contributed by atoms with E-state index in [-0.39, 0.29) is 17.3 Å². The van der Waals surface area contributed by atoms with Gasteiger partial charge in [0, 0.05) is 24.0 Å². The number of hydrogen-bond donors (Lipinski definition) is 1. The van der Waals surface area contributed by atoms with Crippen LogP contribution in [0.5, 0.6) is 5.75 Å². The van der Waals surface area contributed by atoms with Gasteiger partial charge in [-0.2, -0.15) is 4.31 Å². The minimum Gasteiger partial charge on any atom is -0.497 e. The number of carbonyl (C=O) groups is 1. The highest BCUT2D eigenvalue weighted by Crippen LogP contribution is 2.28. The Bertz CT molecular complexity index is 1150. The van der Waals surface area contributed by atoms with E-state index < -0.39 is 15.9 Å². The first-order chi connectivity index (χ1) is 15.0. The van der Waals surface area contributed by atoms with Crippen molar-refractivity contribution in [3.05, 3.63) is 60.0 Å². The standard InChI is InChI=1S/C22H23N3O4S2/c1-29-18-9-11-19(12-10-18)31(27,28)25-13-5-8-17(14-25)21(26)24-22-23-20(15-30-22)16-6-3-2-4-7-16/h2-4,6-7,9-12,15,17H,5,8,13-14H2,1H3,(H,23,24,26)/t17-/m0/s1. The molecule has 1 fully saturated rings. The molecule has 0 bridgehead atoms. The molecule has 1 aliphatic rings. The number of nitrogens with one attached hydrogen (secondary N) is 1. The van der Waals surface area contributed by atoms with Crippen LogP contribution >= 0.6 is 11.3 Å². The SMILES string of the molecule is COc1ccc(S(=O)(=O)N2CCC[C@H](C(=O)Nc3nc(-c4ccccc4)cs3)C2)cc1. The van der Waals surface area contributed by atoms with Crippen molar-refractivity contribution in [3.63, 3.8) is 0 Å². The number of amides is 1. The number of benzene rings is 2. The van der Waals surface area contributed by atoms with Crippen LogP contribution in [0.1, 0.15) is 12.8 Å². The second-order valence-electron chi connectivity index (χ2n) is 7.27. The van der Waals surface area contributed by atoms with Crippen LogP contribution in [0.2, 0.25) is 0 Å². The molecule has 0 aliphatic carbocycles. The molecule has 1 atom stereocenters. The van der Waals surface area contributed by atoms with Gasteiger partial charge in [-0.15, -0.1) is 11.3 Å². The van der Waals surface area contributed by atoms with Crippen LogP contribution in [-0.4, -0.2) is 43.8 Å². The van der Waals surface area contributed by atoms with Crippen molar-refractivity contribution in [3.8, 4) is 17.0 Å². The summed E-state index contributed by atoms with van der Waals surface area (Å²) in [6.45, 7) is 0.546. The van der Waals surface area contributed by atoms with Crippen molar-refractivity contribution >= 4 is 32.4 Å². The maximum Gasteiger partial charge on any atom is 0.243 e. The number of anilines is 1. The van der Waals surface area contributed by atoms with Crippen molar-refractivity contribution in [2.45, 2.75) is 17.7 Å². The predicted molar refractivity (Wildman–Crippen MR) is 121 cm³/mol. The summed E-state index contributed by atoms with van der Waals surface area (Å²) in [5, 5.41) is 5.27. The maximum absolute atomic E-state index is 13.0. The van der Waals surface area contributed by atoms with E-state index in [0.717, 1.165) is 11.3 Å². The highest BCUT2D eigenvalue weighted by molar-refractivity contribution is 7.89. The quantitative estimate of drug-likeness (QED) is 0.607. The van der Waals surface area contributed by atoms with Gasteiger partial charge in [-0.25, -0.2) is 13.4 Å². The largest absolute Gasteiger partial charge is 0.497 e. The third-order valence-electron chi connectivity index (χ3n) is 5.26. The molecule has 4 rings (SSSR count). The molecule has 7 nitrogen and oxygen atoms in total. The molecule has 9 heteroatoms. The van der Waals surface area contributed by atoms with Crippen LogP contribution in [0.4, 0.5) is 5.13 Å². The zero-order chi connectivity index (χ0) is 21.8. The number of sulfonamides is 1. The number of aromatic nitrogens is 1. The van der Waals surface area contributed by atoms with Crippen LogP contribution in [0, 0.1) is 5.92 Å². The fourth-order valence-electron chi connectivity index (χ4n) is 3.55. The summed E-state index contributed by atoms with van der Waals surface area (Å²) >= 11 is 1.36. The average molecular weight is 458 g/mol. The second-order valence-corrected chi connectivity index (χ2v) is 10.1. The van der Waals surface area contributed by atoms with Gasteiger partial charge in [0.05, 0.1) is 23.6 Å². The number of methoxy groups -OCH3 is 1. The Hall–Kier alpha value is -2.75. The molecule has 1 aliphatic heterocycles. The van der Waals surface area contributed by atoms with Crippen LogP contribution < -0.4 is 10.1 Å². The molecular formula is C22H23N3O4S2. The lowest BCUT2D eigenvalue weighted by molar-refractivity contribution is -0.120. The Kier molecular flexibility index (Phi) is 6.35. The number of carbonyl (C=O) groups excluding carboxylic acids is 1. The molecule has 0 spiro atoms. The van der Waals surface area contributed by atoms with E-state index in [1.165, 1.54) is 34.9 Å². The summed E-state index contributed by atoms with van der Waals surface area (Å²) in [6.07, 6.45) is 1.26. The van der Waals surface area contributed by atoms with Gasteiger partial charge >= 0.3 is 0 Å². The highest BCUT2D eigenvalue weighted by atomic mass is 32.2. The highest BCUT2D eigenvalue weighted by Gasteiger charge is 2.33. The van der Waals surface area contributed by atoms with Gasteiger partial charge in [-0.1, -0.05) is 30.3 Å². The van der Waals surface area contributed by atoms with E-state index in [4.69, 9.17) is 4.74 Å². The molecule has 162 valence electrons. The smallest absolute Gasteiger partial charge is 0.243 e. The zero-order valence-electron chi connectivity index (χ0n) is 17.0. The van der Waals surface area contributed by atoms with Crippen molar-refractivity contribution < 1.29 is 17.9 Å². The molecule has 31 heavy (non-hydrogen) atoms. The summed E-state index contributed by atoms with van der Waals surface area (Å²) in [5.41, 5.74) is 1.78. The van der Waals surface area contributed by atoms with Crippen LogP contribution in [0.25, 0.3) is 11.3 Å². The Morgan fingerprint density at radius 1 is 1.16 bits per heavy atom. The first-order valence-electron chi connectivity index (χ1n) is 9.93. The minimum absolute atomic E-state index is 0.150. The second kappa shape index (κ2) is 9.17. The van der Waals surface area contributed by atoms with Gasteiger partial charge in [0.15, 0.2) is 5.13 Å². The molecule has 0 unspecified atom stereocenters. The van der Waals surface area contributed by atoms with Gasteiger partial charge in [-0.05, 0) is 37.1 Å². The normalized spacial score (nSPS) is 17.3. The lowest BCUT2D eigenvalue weighted by Gasteiger charge is -2.31. The Balaban J connectivity index is 1.43. The van der Waals surface area contributed by atoms with Crippen molar-refractivity contribution in [1.82, 2.24) is 9.29 Å². The monoisotopic (exact) mass is 457 g/mol. The number of thiazole rings is 1. The average Bonchev–Trinajstić information content (AvgIpc) is 3.28. The van der Waals surface area contributed by atoms with Crippen molar-refractivity contribution in [1.29, 1.82) is 0 Å². The fraction of sp³-hybridized carbons (Fsp3) is 0.273. The lowest BCUT2D eigenvalue weighted by atomic mass is 9.99. The molecule has 1 aromatic heterocycles.